The van der Waals surface area contributed by atoms with E-state index in [0.29, 0.717) is 0 Å². The molecule has 236 valence electrons. The van der Waals surface area contributed by atoms with Crippen molar-refractivity contribution in [1.29, 1.82) is 0 Å². The largest absolute Gasteiger partial charge is 0.673 e. The molecule has 2 rings (SSSR count). The van der Waals surface area contributed by atoms with Crippen molar-refractivity contribution in [3.05, 3.63) is 41.6 Å². The van der Waals surface area contributed by atoms with Crippen LogP contribution in [-0.2, 0) is 47.2 Å². The Labute approximate surface area is 225 Å². The molecule has 9 nitrogen and oxygen atoms in total. The number of hydrogen-bond acceptors (Lipinski definition) is 4. The van der Waals surface area contributed by atoms with E-state index in [1.807, 2.05) is 14.1 Å². The van der Waals surface area contributed by atoms with Gasteiger partial charge in [0.15, 0.2) is 20.0 Å². The van der Waals surface area contributed by atoms with Crippen molar-refractivity contribution in [2.45, 2.75) is 63.6 Å². The van der Waals surface area contributed by atoms with Crippen LogP contribution in [0, 0.1) is 0 Å². The number of halogens is 10. The average Bonchev–Trinajstić information content (AvgIpc) is 3.35. The van der Waals surface area contributed by atoms with Crippen LogP contribution in [0.1, 0.15) is 39.5 Å². The Bertz CT molecular complexity index is 1100. The quantitative estimate of drug-likeness (QED) is 0.239. The first kappa shape index (κ1) is 39.8. The Morgan fingerprint density at radius 3 is 1.15 bits per heavy atom. The smallest absolute Gasteiger partial charge is 0.421 e. The molecule has 0 aromatic carbocycles. The average molecular weight is 645 g/mol. The van der Waals surface area contributed by atoms with Crippen molar-refractivity contribution < 1.29 is 69.6 Å². The fraction of sp³-hybridized carbons (Fsp3) is 0.667. The Morgan fingerprint density at radius 2 is 0.975 bits per heavy atom. The number of unbranched alkanes of at least 4 members (excludes halogenated alkanes) is 2. The van der Waals surface area contributed by atoms with Crippen molar-refractivity contribution in [2.75, 3.05) is 0 Å². The third-order valence-corrected chi connectivity index (χ3v) is 6.71. The van der Waals surface area contributed by atoms with Crippen LogP contribution in [0.5, 0.6) is 0 Å². The normalized spacial score (nSPS) is 12.3. The van der Waals surface area contributed by atoms with E-state index in [2.05, 4.69) is 69.6 Å². The Hall–Kier alpha value is -2.36. The zero-order valence-electron chi connectivity index (χ0n) is 21.7. The molecule has 0 bridgehead atoms. The Morgan fingerprint density at radius 1 is 0.700 bits per heavy atom. The van der Waals surface area contributed by atoms with E-state index in [-0.39, 0.29) is 0 Å². The minimum atomic E-state index is -6.72. The molecule has 0 spiro atoms. The van der Waals surface area contributed by atoms with Crippen molar-refractivity contribution in [3.8, 4) is 0 Å². The first-order chi connectivity index (χ1) is 17.9. The van der Waals surface area contributed by atoms with Crippen molar-refractivity contribution in [3.63, 3.8) is 0 Å². The van der Waals surface area contributed by atoms with Crippen LogP contribution in [0.2, 0.25) is 0 Å². The Balaban J connectivity index is 0. The molecule has 2 heterocycles. The Kier molecular flexibility index (Phi) is 16.7. The molecule has 0 fully saturated rings. The van der Waals surface area contributed by atoms with E-state index >= 15 is 0 Å². The summed E-state index contributed by atoms with van der Waals surface area (Å²) in [7, 11) is -15.4. The summed E-state index contributed by atoms with van der Waals surface area (Å²) in [5.41, 5.74) is -12.4. The predicted molar refractivity (Wildman–Crippen MR) is 125 cm³/mol. The minimum Gasteiger partial charge on any atom is -0.421 e. The molecule has 0 aliphatic heterocycles. The number of aromatic nitrogens is 4. The van der Waals surface area contributed by atoms with Gasteiger partial charge in [0.1, 0.15) is 24.8 Å². The summed E-state index contributed by atoms with van der Waals surface area (Å²) in [6, 6.07) is 0. The molecule has 2 aromatic rings. The number of rotatable bonds is 8. The number of hydrogen-bond donors (Lipinski definition) is 0. The topological polar surface area (TPSA) is 100 Å². The fourth-order valence-electron chi connectivity index (χ4n) is 2.16. The molecule has 40 heavy (non-hydrogen) atoms. The highest BCUT2D eigenvalue weighted by molar-refractivity contribution is 8.13. The lowest BCUT2D eigenvalue weighted by atomic mass is 10.3. The predicted octanol–water partition coefficient (Wildman–Crippen LogP) is 4.58. The molecule has 0 N–H and O–H groups in total. The van der Waals surface area contributed by atoms with Gasteiger partial charge >= 0.3 is 18.3 Å². The molecule has 0 radical (unpaired) electrons. The third kappa shape index (κ3) is 18.8. The van der Waals surface area contributed by atoms with Crippen LogP contribution in [0.25, 0.3) is 4.13 Å². The second-order valence-corrected chi connectivity index (χ2v) is 11.2. The summed E-state index contributed by atoms with van der Waals surface area (Å²) < 4.78 is 157. The van der Waals surface area contributed by atoms with Gasteiger partial charge < -0.3 is 21.4 Å². The van der Waals surface area contributed by atoms with Gasteiger partial charge in [0, 0.05) is 0 Å². The van der Waals surface area contributed by atoms with Gasteiger partial charge in [-0.05, 0) is 12.8 Å². The second-order valence-electron chi connectivity index (χ2n) is 7.75. The van der Waals surface area contributed by atoms with E-state index in [0.717, 1.165) is 17.2 Å². The molecule has 0 aliphatic rings. The molecule has 0 amide bonds. The van der Waals surface area contributed by atoms with Crippen LogP contribution in [0.15, 0.2) is 37.4 Å². The van der Waals surface area contributed by atoms with Crippen molar-refractivity contribution in [1.82, 2.24) is 9.13 Å². The van der Waals surface area contributed by atoms with Gasteiger partial charge in [0.25, 0.3) is 0 Å². The summed E-state index contributed by atoms with van der Waals surface area (Å²) in [5.74, 6) is 0. The van der Waals surface area contributed by atoms with Gasteiger partial charge in [-0.2, -0.15) is 26.3 Å². The molecule has 22 heteroatoms. The molecule has 0 saturated heterocycles. The van der Waals surface area contributed by atoms with E-state index in [1.54, 1.807) is 0 Å². The van der Waals surface area contributed by atoms with E-state index < -0.39 is 38.3 Å². The lowest BCUT2D eigenvalue weighted by molar-refractivity contribution is -0.671. The zero-order chi connectivity index (χ0) is 32.0. The fourth-order valence-corrected chi connectivity index (χ4v) is 3.87. The summed E-state index contributed by atoms with van der Waals surface area (Å²) in [6.45, 7) is 6.72. The highest BCUT2D eigenvalue weighted by atomic mass is 32.3. The minimum absolute atomic E-state index is 0.778. The second kappa shape index (κ2) is 16.8. The maximum Gasteiger partial charge on any atom is 0.673 e. The van der Waals surface area contributed by atoms with Crippen LogP contribution >= 0.6 is 0 Å². The molecular weight excluding hydrogens is 615 g/mol. The number of imidazole rings is 2. The summed E-state index contributed by atoms with van der Waals surface area (Å²) in [4.78, 5) is 0. The van der Waals surface area contributed by atoms with Crippen molar-refractivity contribution >= 4 is 27.3 Å². The summed E-state index contributed by atoms with van der Waals surface area (Å²) in [5, 5.41) is 0. The lowest BCUT2D eigenvalue weighted by Crippen LogP contribution is -2.30. The highest BCUT2D eigenvalue weighted by Gasteiger charge is 2.46. The van der Waals surface area contributed by atoms with Gasteiger partial charge in [-0.15, -0.1) is 0 Å². The van der Waals surface area contributed by atoms with Gasteiger partial charge in [-0.3, -0.25) is 0 Å². The SMILES string of the molecule is CCCCn1cc[n+](C)c1.CCCCn1cc[n+](C)c1.F[B-](F)(F)F.O=S(=O)([N-]S(=O)(=O)C(F)(F)F)C(F)(F)F. The lowest BCUT2D eigenvalue weighted by Gasteiger charge is -2.22. The highest BCUT2D eigenvalue weighted by Crippen LogP contribution is 2.36. The maximum atomic E-state index is 11.4. The molecular formula is C18H30BF10N5O4S2. The number of sulfonamides is 2. The van der Waals surface area contributed by atoms with Gasteiger partial charge in [0.2, 0.25) is 12.7 Å². The van der Waals surface area contributed by atoms with Crippen LogP contribution in [-0.4, -0.2) is 44.2 Å². The van der Waals surface area contributed by atoms with Gasteiger partial charge in [-0.1, -0.05) is 26.7 Å². The van der Waals surface area contributed by atoms with Crippen LogP contribution in [0.4, 0.5) is 43.6 Å². The molecule has 0 atom stereocenters. The molecule has 0 unspecified atom stereocenters. The number of aryl methyl sites for hydroxylation is 4. The summed E-state index contributed by atoms with van der Waals surface area (Å²) in [6.07, 6.45) is 17.6. The van der Waals surface area contributed by atoms with E-state index in [1.165, 1.54) is 25.7 Å². The van der Waals surface area contributed by atoms with E-state index in [4.69, 9.17) is 0 Å². The zero-order valence-corrected chi connectivity index (χ0v) is 23.4. The third-order valence-electron chi connectivity index (χ3n) is 3.97. The first-order valence-electron chi connectivity index (χ1n) is 11.1. The molecule has 0 aliphatic carbocycles. The first-order valence-corrected chi connectivity index (χ1v) is 14.0. The van der Waals surface area contributed by atoms with Crippen LogP contribution < -0.4 is 9.13 Å². The monoisotopic (exact) mass is 645 g/mol. The standard InChI is InChI=1S/2C8H15N2.C2F6NO4S2.BF4/c2*1-3-4-5-10-7-6-9(2)8-10;3-1(4,5)14(10,11)9-15(12,13)2(6,7)8;2-1(3,4)5/h2*6-8H,3-5H2,1-2H3;;/q2*+1;2*-1. The maximum absolute atomic E-state index is 11.4. The van der Waals surface area contributed by atoms with Crippen molar-refractivity contribution in [2.24, 2.45) is 14.1 Å². The number of nitrogens with zero attached hydrogens (tertiary/aromatic N) is 5. The molecule has 2 aromatic heterocycles. The van der Waals surface area contributed by atoms with E-state index in [9.17, 15) is 60.4 Å². The van der Waals surface area contributed by atoms with Gasteiger partial charge in [0.05, 0.1) is 27.2 Å². The van der Waals surface area contributed by atoms with Crippen LogP contribution in [0.3, 0.4) is 0 Å². The van der Waals surface area contributed by atoms with Gasteiger partial charge in [-0.25, -0.2) is 35.1 Å². The number of alkyl halides is 6. The molecule has 0 saturated carbocycles. The summed E-state index contributed by atoms with van der Waals surface area (Å²) >= 11 is 0.